The molecule has 3 heteroatoms. The van der Waals surface area contributed by atoms with Gasteiger partial charge in [-0.2, -0.15) is 0 Å². The number of ether oxygens (including phenoxy) is 1. The third kappa shape index (κ3) is 2.23. The van der Waals surface area contributed by atoms with Gasteiger partial charge >= 0.3 is 5.97 Å². The highest BCUT2D eigenvalue weighted by molar-refractivity contribution is 5.91. The minimum atomic E-state index is -0.302. The minimum Gasteiger partial charge on any atom is -0.465 e. The van der Waals surface area contributed by atoms with Gasteiger partial charge < -0.3 is 9.72 Å². The van der Waals surface area contributed by atoms with Gasteiger partial charge in [0.25, 0.3) is 0 Å². The van der Waals surface area contributed by atoms with E-state index in [9.17, 15) is 4.79 Å². The van der Waals surface area contributed by atoms with Crippen LogP contribution in [-0.2, 0) is 4.74 Å². The lowest BCUT2D eigenvalue weighted by molar-refractivity contribution is 0.0599. The molecule has 0 amide bonds. The fraction of sp³-hybridized carbons (Fsp3) is 0.214. The van der Waals surface area contributed by atoms with E-state index in [1.165, 1.54) is 12.7 Å². The van der Waals surface area contributed by atoms with E-state index >= 15 is 0 Å². The van der Waals surface area contributed by atoms with Crippen LogP contribution in [0.25, 0.3) is 0 Å². The molecule has 1 unspecified atom stereocenters. The Morgan fingerprint density at radius 2 is 1.94 bits per heavy atom. The van der Waals surface area contributed by atoms with Crippen LogP contribution in [-0.4, -0.2) is 18.1 Å². The van der Waals surface area contributed by atoms with Gasteiger partial charge in [0.2, 0.25) is 0 Å². The second-order valence-corrected chi connectivity index (χ2v) is 3.95. The molecule has 0 spiro atoms. The summed E-state index contributed by atoms with van der Waals surface area (Å²) in [7, 11) is 1.40. The molecule has 2 rings (SSSR count). The highest BCUT2D eigenvalue weighted by Gasteiger charge is 2.18. The van der Waals surface area contributed by atoms with Crippen LogP contribution in [0.3, 0.4) is 0 Å². The Morgan fingerprint density at radius 1 is 1.24 bits per heavy atom. The number of carbonyl (C=O) groups is 1. The van der Waals surface area contributed by atoms with E-state index < -0.39 is 0 Å². The molecule has 0 aliphatic heterocycles. The largest absolute Gasteiger partial charge is 0.465 e. The van der Waals surface area contributed by atoms with Crippen molar-refractivity contribution in [3.05, 3.63) is 59.4 Å². The lowest BCUT2D eigenvalue weighted by Crippen LogP contribution is -2.05. The third-order valence-corrected chi connectivity index (χ3v) is 2.95. The van der Waals surface area contributed by atoms with Gasteiger partial charge in [-0.15, -0.1) is 0 Å². The molecule has 3 nitrogen and oxygen atoms in total. The predicted molar refractivity (Wildman–Crippen MR) is 66.1 cm³/mol. The summed E-state index contributed by atoms with van der Waals surface area (Å²) < 4.78 is 4.76. The number of esters is 1. The van der Waals surface area contributed by atoms with Crippen molar-refractivity contribution in [3.63, 3.8) is 0 Å². The van der Waals surface area contributed by atoms with E-state index in [1.807, 2.05) is 24.4 Å². The van der Waals surface area contributed by atoms with Crippen molar-refractivity contribution in [1.29, 1.82) is 0 Å². The first-order chi connectivity index (χ1) is 8.24. The van der Waals surface area contributed by atoms with Crippen molar-refractivity contribution in [2.45, 2.75) is 12.8 Å². The van der Waals surface area contributed by atoms with Gasteiger partial charge in [0, 0.05) is 18.3 Å². The lowest BCUT2D eigenvalue weighted by atomic mass is 9.92. The quantitative estimate of drug-likeness (QED) is 0.822. The summed E-state index contributed by atoms with van der Waals surface area (Å²) in [5, 5.41) is 0. The molecule has 1 aromatic heterocycles. The zero-order valence-corrected chi connectivity index (χ0v) is 9.94. The first kappa shape index (κ1) is 11.5. The molecule has 17 heavy (non-hydrogen) atoms. The SMILES string of the molecule is COC(=O)c1c[nH]cc1C(C)c1ccccc1. The number of methoxy groups -OCH3 is 1. The van der Waals surface area contributed by atoms with E-state index in [1.54, 1.807) is 6.20 Å². The van der Waals surface area contributed by atoms with E-state index in [0.29, 0.717) is 5.56 Å². The first-order valence-corrected chi connectivity index (χ1v) is 5.54. The Bertz CT molecular complexity index is 502. The molecule has 1 N–H and O–H groups in total. The molecule has 0 aliphatic rings. The van der Waals surface area contributed by atoms with Crippen molar-refractivity contribution in [2.75, 3.05) is 7.11 Å². The van der Waals surface area contributed by atoms with Crippen LogP contribution in [0.2, 0.25) is 0 Å². The molecule has 0 saturated carbocycles. The summed E-state index contributed by atoms with van der Waals surface area (Å²) in [5.74, 6) is -0.138. The molecule has 0 bridgehead atoms. The number of carbonyl (C=O) groups excluding carboxylic acids is 1. The smallest absolute Gasteiger partial charge is 0.339 e. The fourth-order valence-electron chi connectivity index (χ4n) is 1.94. The van der Waals surface area contributed by atoms with E-state index in [2.05, 4.69) is 24.0 Å². The van der Waals surface area contributed by atoms with Crippen LogP contribution in [0.4, 0.5) is 0 Å². The standard InChI is InChI=1S/C14H15NO2/c1-10(11-6-4-3-5-7-11)12-8-15-9-13(12)14(16)17-2/h3-10,15H,1-2H3. The second-order valence-electron chi connectivity index (χ2n) is 3.95. The molecule has 1 aromatic carbocycles. The molecule has 0 fully saturated rings. The van der Waals surface area contributed by atoms with Gasteiger partial charge in [0.15, 0.2) is 0 Å². The van der Waals surface area contributed by atoms with E-state index in [4.69, 9.17) is 4.74 Å². The average Bonchev–Trinajstić information content (AvgIpc) is 2.87. The third-order valence-electron chi connectivity index (χ3n) is 2.95. The zero-order valence-electron chi connectivity index (χ0n) is 9.94. The summed E-state index contributed by atoms with van der Waals surface area (Å²) in [5.41, 5.74) is 2.74. The Hall–Kier alpha value is -2.03. The highest BCUT2D eigenvalue weighted by Crippen LogP contribution is 2.26. The Balaban J connectivity index is 2.35. The van der Waals surface area contributed by atoms with Gasteiger partial charge in [-0.3, -0.25) is 0 Å². The molecule has 1 atom stereocenters. The van der Waals surface area contributed by atoms with Gasteiger partial charge in [0.05, 0.1) is 12.7 Å². The molecule has 88 valence electrons. The number of H-pyrrole nitrogens is 1. The number of hydrogen-bond acceptors (Lipinski definition) is 2. The van der Waals surface area contributed by atoms with Crippen LogP contribution in [0.5, 0.6) is 0 Å². The summed E-state index contributed by atoms with van der Waals surface area (Å²) in [6, 6.07) is 10.1. The Labute approximate surface area is 100 Å². The predicted octanol–water partition coefficient (Wildman–Crippen LogP) is 2.95. The number of hydrogen-bond donors (Lipinski definition) is 1. The van der Waals surface area contributed by atoms with Gasteiger partial charge in [0.1, 0.15) is 0 Å². The van der Waals surface area contributed by atoms with Crippen molar-refractivity contribution >= 4 is 5.97 Å². The molecule has 0 aliphatic carbocycles. The van der Waals surface area contributed by atoms with Crippen LogP contribution >= 0.6 is 0 Å². The number of aromatic amines is 1. The average molecular weight is 229 g/mol. The summed E-state index contributed by atoms with van der Waals surface area (Å²) in [6.45, 7) is 2.07. The van der Waals surface area contributed by atoms with Gasteiger partial charge in [-0.05, 0) is 11.1 Å². The number of nitrogens with one attached hydrogen (secondary N) is 1. The monoisotopic (exact) mass is 229 g/mol. The summed E-state index contributed by atoms with van der Waals surface area (Å²) >= 11 is 0. The molecular weight excluding hydrogens is 214 g/mol. The van der Waals surface area contributed by atoms with Crippen molar-refractivity contribution in [1.82, 2.24) is 4.98 Å². The molecule has 0 saturated heterocycles. The van der Waals surface area contributed by atoms with Crippen molar-refractivity contribution in [2.24, 2.45) is 0 Å². The van der Waals surface area contributed by atoms with Gasteiger partial charge in [-0.1, -0.05) is 37.3 Å². The Kier molecular flexibility index (Phi) is 3.28. The highest BCUT2D eigenvalue weighted by atomic mass is 16.5. The number of benzene rings is 1. The van der Waals surface area contributed by atoms with Crippen LogP contribution in [0, 0.1) is 0 Å². The number of rotatable bonds is 3. The van der Waals surface area contributed by atoms with E-state index in [-0.39, 0.29) is 11.9 Å². The second kappa shape index (κ2) is 4.87. The van der Waals surface area contributed by atoms with E-state index in [0.717, 1.165) is 5.56 Å². The zero-order chi connectivity index (χ0) is 12.3. The maximum absolute atomic E-state index is 11.6. The maximum atomic E-state index is 11.6. The lowest BCUT2D eigenvalue weighted by Gasteiger charge is -2.12. The first-order valence-electron chi connectivity index (χ1n) is 5.54. The minimum absolute atomic E-state index is 0.163. The molecule has 0 radical (unpaired) electrons. The number of aromatic nitrogens is 1. The van der Waals surface area contributed by atoms with Crippen molar-refractivity contribution < 1.29 is 9.53 Å². The van der Waals surface area contributed by atoms with Crippen LogP contribution in [0.15, 0.2) is 42.7 Å². The summed E-state index contributed by atoms with van der Waals surface area (Å²) in [6.07, 6.45) is 3.53. The summed E-state index contributed by atoms with van der Waals surface area (Å²) in [4.78, 5) is 14.6. The van der Waals surface area contributed by atoms with Crippen molar-refractivity contribution in [3.8, 4) is 0 Å². The Morgan fingerprint density at radius 3 is 2.59 bits per heavy atom. The maximum Gasteiger partial charge on any atom is 0.339 e. The van der Waals surface area contributed by atoms with Crippen LogP contribution in [0.1, 0.15) is 34.3 Å². The molecule has 1 heterocycles. The fourth-order valence-corrected chi connectivity index (χ4v) is 1.94. The molecular formula is C14H15NO2. The van der Waals surface area contributed by atoms with Crippen LogP contribution < -0.4 is 0 Å². The topological polar surface area (TPSA) is 42.1 Å². The molecule has 2 aromatic rings. The van der Waals surface area contributed by atoms with Gasteiger partial charge in [-0.25, -0.2) is 4.79 Å². The normalized spacial score (nSPS) is 12.1.